The van der Waals surface area contributed by atoms with Gasteiger partial charge in [0.1, 0.15) is 22.8 Å². The maximum absolute atomic E-state index is 13.1. The molecule has 1 N–H and O–H groups in total. The molecule has 3 unspecified atom stereocenters. The number of methoxy groups -OCH3 is 1. The molecule has 3 atom stereocenters. The van der Waals surface area contributed by atoms with Gasteiger partial charge in [0.15, 0.2) is 6.10 Å². The van der Waals surface area contributed by atoms with E-state index in [0.29, 0.717) is 17.7 Å². The number of Topliss-reactive ketones (excluding diaryl/α,β-unsaturated/α-hetero) is 1. The number of ketones is 1. The molecule has 0 bridgehead atoms. The van der Waals surface area contributed by atoms with Gasteiger partial charge in [0.05, 0.1) is 13.0 Å². The minimum atomic E-state index is -1.18. The first-order chi connectivity index (χ1) is 13.0. The number of phenolic OH excluding ortho intramolecular Hbond substituents is 1. The van der Waals surface area contributed by atoms with Crippen LogP contribution in [0.5, 0.6) is 17.2 Å². The van der Waals surface area contributed by atoms with Gasteiger partial charge in [-0.05, 0) is 12.0 Å². The van der Waals surface area contributed by atoms with E-state index in [1.54, 1.807) is 19.1 Å². The third kappa shape index (κ3) is 3.60. The fraction of sp³-hybridized carbons (Fsp3) is 0.333. The highest BCUT2D eigenvalue weighted by Crippen LogP contribution is 2.43. The Morgan fingerprint density at radius 1 is 1.26 bits per heavy atom. The number of hydrogen-bond donors (Lipinski definition) is 1. The second kappa shape index (κ2) is 7.70. The Balaban J connectivity index is 2.05. The van der Waals surface area contributed by atoms with Crippen molar-refractivity contribution in [2.24, 2.45) is 5.92 Å². The molecule has 0 saturated carbocycles. The van der Waals surface area contributed by atoms with Crippen LogP contribution in [0.1, 0.15) is 42.3 Å². The molecule has 0 saturated heterocycles. The summed E-state index contributed by atoms with van der Waals surface area (Å²) in [6.45, 7) is 3.61. The molecule has 0 radical (unpaired) electrons. The number of phenols is 1. The second-order valence-electron chi connectivity index (χ2n) is 6.50. The average Bonchev–Trinajstić information content (AvgIpc) is 2.69. The van der Waals surface area contributed by atoms with Crippen LogP contribution in [0.3, 0.4) is 0 Å². The number of benzene rings is 2. The molecule has 1 aliphatic rings. The van der Waals surface area contributed by atoms with Crippen molar-refractivity contribution >= 4 is 11.8 Å². The van der Waals surface area contributed by atoms with E-state index in [4.69, 9.17) is 14.2 Å². The molecule has 6 heteroatoms. The van der Waals surface area contributed by atoms with Crippen molar-refractivity contribution in [3.05, 3.63) is 53.6 Å². The highest BCUT2D eigenvalue weighted by Gasteiger charge is 2.43. The van der Waals surface area contributed by atoms with Crippen molar-refractivity contribution in [2.75, 3.05) is 7.11 Å². The largest absolute Gasteiger partial charge is 0.507 e. The minimum Gasteiger partial charge on any atom is -0.507 e. The summed E-state index contributed by atoms with van der Waals surface area (Å²) in [4.78, 5) is 25.5. The van der Waals surface area contributed by atoms with Gasteiger partial charge in [-0.3, -0.25) is 9.59 Å². The van der Waals surface area contributed by atoms with Gasteiger partial charge in [0.25, 0.3) is 0 Å². The molecule has 0 aliphatic carbocycles. The van der Waals surface area contributed by atoms with Crippen molar-refractivity contribution in [2.45, 2.75) is 32.5 Å². The molecule has 0 spiro atoms. The molecule has 2 aromatic carbocycles. The third-order valence-corrected chi connectivity index (χ3v) is 4.71. The molecular weight excluding hydrogens is 348 g/mol. The number of carbonyl (C=O) groups excluding carboxylic acids is 2. The topological polar surface area (TPSA) is 82.1 Å². The van der Waals surface area contributed by atoms with Gasteiger partial charge >= 0.3 is 5.97 Å². The number of hydrogen-bond acceptors (Lipinski definition) is 6. The molecule has 2 aromatic rings. The van der Waals surface area contributed by atoms with Gasteiger partial charge < -0.3 is 19.3 Å². The lowest BCUT2D eigenvalue weighted by Crippen LogP contribution is -2.40. The van der Waals surface area contributed by atoms with Crippen LogP contribution in [0.15, 0.2) is 42.5 Å². The summed E-state index contributed by atoms with van der Waals surface area (Å²) < 4.78 is 16.7. The standard InChI is InChI=1S/C21H22O6/c1-4-12(2)21(24)27-20-18(23)17-15(22)10-14(25-3)11-16(17)26-19(20)13-8-6-5-7-9-13/h5-12,19-20,22H,4H2,1-3H3. The lowest BCUT2D eigenvalue weighted by Gasteiger charge is -2.33. The summed E-state index contributed by atoms with van der Waals surface area (Å²) in [5.74, 6) is -1.04. The smallest absolute Gasteiger partial charge is 0.309 e. The third-order valence-electron chi connectivity index (χ3n) is 4.71. The van der Waals surface area contributed by atoms with Gasteiger partial charge in [-0.2, -0.15) is 0 Å². The van der Waals surface area contributed by atoms with Gasteiger partial charge in [0.2, 0.25) is 11.9 Å². The SMILES string of the molecule is CCC(C)C(=O)OC1C(=O)c2c(O)cc(OC)cc2OC1c1ccccc1. The summed E-state index contributed by atoms with van der Waals surface area (Å²) in [5.41, 5.74) is 0.686. The predicted octanol–water partition coefficient (Wildman–Crippen LogP) is 3.68. The number of ether oxygens (including phenoxy) is 3. The molecule has 27 heavy (non-hydrogen) atoms. The van der Waals surface area contributed by atoms with E-state index in [2.05, 4.69) is 0 Å². The first-order valence-electron chi connectivity index (χ1n) is 8.83. The molecule has 1 heterocycles. The van der Waals surface area contributed by atoms with Crippen LogP contribution >= 0.6 is 0 Å². The van der Waals surface area contributed by atoms with Crippen molar-refractivity contribution in [1.82, 2.24) is 0 Å². The van der Waals surface area contributed by atoms with Crippen molar-refractivity contribution in [3.63, 3.8) is 0 Å². The van der Waals surface area contributed by atoms with E-state index < -0.39 is 24.0 Å². The van der Waals surface area contributed by atoms with Gasteiger partial charge in [-0.15, -0.1) is 0 Å². The minimum absolute atomic E-state index is 0.00932. The van der Waals surface area contributed by atoms with E-state index in [1.165, 1.54) is 19.2 Å². The fourth-order valence-corrected chi connectivity index (χ4v) is 2.92. The van der Waals surface area contributed by atoms with Gasteiger partial charge in [-0.1, -0.05) is 44.2 Å². The lowest BCUT2D eigenvalue weighted by atomic mass is 9.92. The zero-order valence-corrected chi connectivity index (χ0v) is 15.5. The first-order valence-corrected chi connectivity index (χ1v) is 8.83. The summed E-state index contributed by atoms with van der Waals surface area (Å²) in [6.07, 6.45) is -1.40. The molecule has 3 rings (SSSR count). The summed E-state index contributed by atoms with van der Waals surface area (Å²) >= 11 is 0. The van der Waals surface area contributed by atoms with Crippen LogP contribution in [-0.4, -0.2) is 30.1 Å². The molecule has 0 aromatic heterocycles. The Morgan fingerprint density at radius 2 is 1.96 bits per heavy atom. The maximum atomic E-state index is 13.1. The van der Waals surface area contributed by atoms with Crippen LogP contribution < -0.4 is 9.47 Å². The molecule has 142 valence electrons. The van der Waals surface area contributed by atoms with E-state index in [-0.39, 0.29) is 23.0 Å². The van der Waals surface area contributed by atoms with Crippen LogP contribution in [0, 0.1) is 5.92 Å². The normalized spacial score (nSPS) is 19.6. The van der Waals surface area contributed by atoms with Gasteiger partial charge in [-0.25, -0.2) is 0 Å². The quantitative estimate of drug-likeness (QED) is 0.809. The molecule has 6 nitrogen and oxygen atoms in total. The van der Waals surface area contributed by atoms with E-state index in [9.17, 15) is 14.7 Å². The number of esters is 1. The number of carbonyl (C=O) groups is 2. The van der Waals surface area contributed by atoms with Crippen LogP contribution in [-0.2, 0) is 9.53 Å². The van der Waals surface area contributed by atoms with E-state index in [1.807, 2.05) is 25.1 Å². The van der Waals surface area contributed by atoms with Crippen molar-refractivity contribution < 1.29 is 28.9 Å². The van der Waals surface area contributed by atoms with Crippen LogP contribution in [0.2, 0.25) is 0 Å². The van der Waals surface area contributed by atoms with Crippen LogP contribution in [0.4, 0.5) is 0 Å². The Bertz CT molecular complexity index is 845. The second-order valence-corrected chi connectivity index (χ2v) is 6.50. The van der Waals surface area contributed by atoms with Gasteiger partial charge in [0, 0.05) is 12.1 Å². The zero-order chi connectivity index (χ0) is 19.6. The molecule has 0 fully saturated rings. The Labute approximate surface area is 157 Å². The molecular formula is C21H22O6. The number of fused-ring (bicyclic) bond motifs is 1. The highest BCUT2D eigenvalue weighted by atomic mass is 16.6. The number of rotatable bonds is 5. The van der Waals surface area contributed by atoms with Crippen molar-refractivity contribution in [1.29, 1.82) is 0 Å². The van der Waals surface area contributed by atoms with Crippen molar-refractivity contribution in [3.8, 4) is 17.2 Å². The van der Waals surface area contributed by atoms with E-state index in [0.717, 1.165) is 0 Å². The summed E-state index contributed by atoms with van der Waals surface area (Å²) in [6, 6.07) is 11.9. The Hall–Kier alpha value is -3.02. The summed E-state index contributed by atoms with van der Waals surface area (Å²) in [5, 5.41) is 10.3. The Morgan fingerprint density at radius 3 is 2.59 bits per heavy atom. The zero-order valence-electron chi connectivity index (χ0n) is 15.5. The summed E-state index contributed by atoms with van der Waals surface area (Å²) in [7, 11) is 1.46. The average molecular weight is 370 g/mol. The molecule has 1 aliphatic heterocycles. The first kappa shape index (κ1) is 18.8. The number of aromatic hydroxyl groups is 1. The Kier molecular flexibility index (Phi) is 5.35. The molecule has 0 amide bonds. The monoisotopic (exact) mass is 370 g/mol. The highest BCUT2D eigenvalue weighted by molar-refractivity contribution is 6.06. The predicted molar refractivity (Wildman–Crippen MR) is 98.1 cm³/mol. The van der Waals surface area contributed by atoms with Crippen LogP contribution in [0.25, 0.3) is 0 Å². The maximum Gasteiger partial charge on any atom is 0.309 e. The fourth-order valence-electron chi connectivity index (χ4n) is 2.92. The lowest BCUT2D eigenvalue weighted by molar-refractivity contribution is -0.156. The van der Waals surface area contributed by atoms with E-state index >= 15 is 0 Å².